The number of hydrogen-bond donors (Lipinski definition) is 0. The molecule has 1 aliphatic carbocycles. The molecule has 90 valence electrons. The van der Waals surface area contributed by atoms with Crippen LogP contribution in [-0.4, -0.2) is 25.3 Å². The molecule has 0 aromatic heterocycles. The number of esters is 1. The van der Waals surface area contributed by atoms with Gasteiger partial charge in [-0.3, -0.25) is 4.79 Å². The fourth-order valence-electron chi connectivity index (χ4n) is 2.12. The van der Waals surface area contributed by atoms with Gasteiger partial charge >= 0.3 is 5.97 Å². The molecule has 1 aliphatic rings. The summed E-state index contributed by atoms with van der Waals surface area (Å²) in [6.45, 7) is 2.70. The molecule has 0 bridgehead atoms. The fraction of sp³-hybridized carbons (Fsp3) is 0.769. The van der Waals surface area contributed by atoms with Crippen LogP contribution in [0.25, 0.3) is 0 Å². The third-order valence-electron chi connectivity index (χ3n) is 2.96. The lowest BCUT2D eigenvalue weighted by molar-refractivity contribution is -0.144. The van der Waals surface area contributed by atoms with Crippen LogP contribution in [0.2, 0.25) is 0 Å². The van der Waals surface area contributed by atoms with E-state index in [2.05, 4.69) is 5.92 Å². The quantitative estimate of drug-likeness (QED) is 0.530. The van der Waals surface area contributed by atoms with Crippen molar-refractivity contribution in [2.24, 2.45) is 5.92 Å². The molecule has 16 heavy (non-hydrogen) atoms. The van der Waals surface area contributed by atoms with Gasteiger partial charge in [0.1, 0.15) is 6.61 Å². The molecular weight excluding hydrogens is 204 g/mol. The zero-order chi connectivity index (χ0) is 11.8. The van der Waals surface area contributed by atoms with E-state index >= 15 is 0 Å². The van der Waals surface area contributed by atoms with E-state index in [0.717, 1.165) is 25.7 Å². The Labute approximate surface area is 97.5 Å². The average Bonchev–Trinajstić information content (AvgIpc) is 2.28. The molecule has 0 radical (unpaired) electrons. The van der Waals surface area contributed by atoms with E-state index in [1.54, 1.807) is 0 Å². The van der Waals surface area contributed by atoms with Gasteiger partial charge in [0, 0.05) is 6.42 Å². The molecule has 0 saturated heterocycles. The van der Waals surface area contributed by atoms with Crippen molar-refractivity contribution in [3.05, 3.63) is 0 Å². The van der Waals surface area contributed by atoms with Crippen molar-refractivity contribution in [3.8, 4) is 12.3 Å². The third-order valence-corrected chi connectivity index (χ3v) is 2.96. The average molecular weight is 224 g/mol. The number of terminal acetylenes is 1. The summed E-state index contributed by atoms with van der Waals surface area (Å²) in [5, 5.41) is 0. The molecule has 0 atom stereocenters. The standard InChI is InChI=1S/C13H20O3/c1-3-9-16-12-7-5-11(6-8-12)10-13(14)15-4-2/h1,11-12H,4-10H2,2H3. The molecule has 3 heteroatoms. The summed E-state index contributed by atoms with van der Waals surface area (Å²) in [4.78, 5) is 11.3. The Bertz CT molecular complexity index is 246. The minimum absolute atomic E-state index is 0.0736. The maximum absolute atomic E-state index is 11.3. The lowest BCUT2D eigenvalue weighted by atomic mass is 9.85. The molecule has 0 aromatic carbocycles. The first kappa shape index (κ1) is 13.1. The van der Waals surface area contributed by atoms with Crippen LogP contribution in [0.1, 0.15) is 39.0 Å². The summed E-state index contributed by atoms with van der Waals surface area (Å²) in [5.41, 5.74) is 0. The van der Waals surface area contributed by atoms with Crippen LogP contribution in [0.15, 0.2) is 0 Å². The number of carbonyl (C=O) groups is 1. The summed E-state index contributed by atoms with van der Waals surface area (Å²) in [7, 11) is 0. The molecule has 0 amide bonds. The smallest absolute Gasteiger partial charge is 0.306 e. The van der Waals surface area contributed by atoms with Crippen molar-refractivity contribution in [2.75, 3.05) is 13.2 Å². The third kappa shape index (κ3) is 4.67. The highest BCUT2D eigenvalue weighted by Gasteiger charge is 2.23. The van der Waals surface area contributed by atoms with Gasteiger partial charge in [-0.15, -0.1) is 6.42 Å². The topological polar surface area (TPSA) is 35.5 Å². The van der Waals surface area contributed by atoms with E-state index in [-0.39, 0.29) is 12.1 Å². The van der Waals surface area contributed by atoms with Crippen molar-refractivity contribution in [3.63, 3.8) is 0 Å². The van der Waals surface area contributed by atoms with Crippen LogP contribution < -0.4 is 0 Å². The number of ether oxygens (including phenoxy) is 2. The first-order valence-corrected chi connectivity index (χ1v) is 5.97. The van der Waals surface area contributed by atoms with Gasteiger partial charge < -0.3 is 9.47 Å². The van der Waals surface area contributed by atoms with Gasteiger partial charge in [-0.25, -0.2) is 0 Å². The molecule has 1 rings (SSSR count). The highest BCUT2D eigenvalue weighted by atomic mass is 16.5. The summed E-state index contributed by atoms with van der Waals surface area (Å²) in [6.07, 6.45) is 10.1. The van der Waals surface area contributed by atoms with Crippen molar-refractivity contribution in [2.45, 2.75) is 45.1 Å². The van der Waals surface area contributed by atoms with Crippen LogP contribution in [0.5, 0.6) is 0 Å². The number of carbonyl (C=O) groups excluding carboxylic acids is 1. The molecule has 0 spiro atoms. The summed E-state index contributed by atoms with van der Waals surface area (Å²) >= 11 is 0. The van der Waals surface area contributed by atoms with Crippen LogP contribution in [-0.2, 0) is 14.3 Å². The summed E-state index contributed by atoms with van der Waals surface area (Å²) < 4.78 is 10.4. The molecule has 3 nitrogen and oxygen atoms in total. The fourth-order valence-corrected chi connectivity index (χ4v) is 2.12. The molecule has 0 heterocycles. The normalized spacial score (nSPS) is 24.8. The highest BCUT2D eigenvalue weighted by molar-refractivity contribution is 5.69. The second kappa shape index (κ2) is 7.29. The zero-order valence-corrected chi connectivity index (χ0v) is 9.91. The Morgan fingerprint density at radius 1 is 1.38 bits per heavy atom. The van der Waals surface area contributed by atoms with Crippen molar-refractivity contribution in [1.29, 1.82) is 0 Å². The zero-order valence-electron chi connectivity index (χ0n) is 9.91. The lowest BCUT2D eigenvalue weighted by Gasteiger charge is -2.27. The molecular formula is C13H20O3. The second-order valence-corrected chi connectivity index (χ2v) is 4.17. The molecule has 0 aromatic rings. The van der Waals surface area contributed by atoms with Crippen LogP contribution in [0.4, 0.5) is 0 Å². The van der Waals surface area contributed by atoms with Crippen molar-refractivity contribution < 1.29 is 14.3 Å². The lowest BCUT2D eigenvalue weighted by Crippen LogP contribution is -2.23. The van der Waals surface area contributed by atoms with Crippen LogP contribution >= 0.6 is 0 Å². The Balaban J connectivity index is 2.17. The highest BCUT2D eigenvalue weighted by Crippen LogP contribution is 2.28. The van der Waals surface area contributed by atoms with Gasteiger partial charge in [0.25, 0.3) is 0 Å². The molecule has 0 N–H and O–H groups in total. The van der Waals surface area contributed by atoms with Crippen molar-refractivity contribution in [1.82, 2.24) is 0 Å². The monoisotopic (exact) mass is 224 g/mol. The van der Waals surface area contributed by atoms with E-state index in [9.17, 15) is 4.79 Å². The summed E-state index contributed by atoms with van der Waals surface area (Å²) in [6, 6.07) is 0. The number of rotatable bonds is 5. The Hall–Kier alpha value is -1.01. The van der Waals surface area contributed by atoms with E-state index in [1.807, 2.05) is 6.92 Å². The van der Waals surface area contributed by atoms with E-state index in [4.69, 9.17) is 15.9 Å². The molecule has 0 unspecified atom stereocenters. The number of hydrogen-bond acceptors (Lipinski definition) is 3. The van der Waals surface area contributed by atoms with Gasteiger partial charge in [0.05, 0.1) is 12.7 Å². The SMILES string of the molecule is C#CCOC1CCC(CC(=O)OCC)CC1. The van der Waals surface area contributed by atoms with E-state index < -0.39 is 0 Å². The van der Waals surface area contributed by atoms with Gasteiger partial charge in [-0.2, -0.15) is 0 Å². The summed E-state index contributed by atoms with van der Waals surface area (Å²) in [5.74, 6) is 2.87. The van der Waals surface area contributed by atoms with Crippen molar-refractivity contribution >= 4 is 5.97 Å². The van der Waals surface area contributed by atoms with Gasteiger partial charge in [-0.05, 0) is 38.5 Å². The first-order chi connectivity index (χ1) is 7.76. The van der Waals surface area contributed by atoms with Gasteiger partial charge in [0.15, 0.2) is 0 Å². The van der Waals surface area contributed by atoms with E-state index in [0.29, 0.717) is 25.6 Å². The second-order valence-electron chi connectivity index (χ2n) is 4.17. The van der Waals surface area contributed by atoms with Crippen LogP contribution in [0.3, 0.4) is 0 Å². The minimum Gasteiger partial charge on any atom is -0.466 e. The first-order valence-electron chi connectivity index (χ1n) is 5.97. The molecule has 1 saturated carbocycles. The molecule has 1 fully saturated rings. The maximum Gasteiger partial charge on any atom is 0.306 e. The van der Waals surface area contributed by atoms with Gasteiger partial charge in [-0.1, -0.05) is 5.92 Å². The van der Waals surface area contributed by atoms with Gasteiger partial charge in [0.2, 0.25) is 0 Å². The van der Waals surface area contributed by atoms with Crippen LogP contribution in [0, 0.1) is 18.3 Å². The predicted molar refractivity (Wildman–Crippen MR) is 61.8 cm³/mol. The predicted octanol–water partition coefficient (Wildman–Crippen LogP) is 2.15. The maximum atomic E-state index is 11.3. The minimum atomic E-state index is -0.0736. The van der Waals surface area contributed by atoms with E-state index in [1.165, 1.54) is 0 Å². The Morgan fingerprint density at radius 2 is 2.06 bits per heavy atom. The largest absolute Gasteiger partial charge is 0.466 e. The Morgan fingerprint density at radius 3 is 2.62 bits per heavy atom. The Kier molecular flexibility index (Phi) is 5.95. The molecule has 0 aliphatic heterocycles.